The average Bonchev–Trinajstić information content (AvgIpc) is 2.99. The Labute approximate surface area is 169 Å². The van der Waals surface area contributed by atoms with Crippen LogP contribution < -0.4 is 10.1 Å². The number of fused-ring (bicyclic) bond motifs is 1. The molecule has 0 aliphatic carbocycles. The van der Waals surface area contributed by atoms with Crippen LogP contribution in [-0.2, 0) is 11.2 Å². The minimum atomic E-state index is -1.41. The lowest BCUT2D eigenvalue weighted by molar-refractivity contribution is -0.130. The summed E-state index contributed by atoms with van der Waals surface area (Å²) in [7, 11) is 1.60. The minimum Gasteiger partial charge on any atom is -0.497 e. The van der Waals surface area contributed by atoms with Crippen molar-refractivity contribution in [2.24, 2.45) is 4.99 Å². The van der Waals surface area contributed by atoms with E-state index < -0.39 is 5.66 Å². The zero-order valence-electron chi connectivity index (χ0n) is 16.3. The maximum absolute atomic E-state index is 13.4. The normalized spacial score (nSPS) is 20.1. The number of methoxy groups -OCH3 is 1. The van der Waals surface area contributed by atoms with E-state index in [4.69, 9.17) is 4.74 Å². The summed E-state index contributed by atoms with van der Waals surface area (Å²) in [6.45, 7) is 1.94. The second-order valence-electron chi connectivity index (χ2n) is 7.05. The molecule has 6 heteroatoms. The third-order valence-electron chi connectivity index (χ3n) is 4.94. The standard InChI is InChI=1S/C23H21N3O3/c1-16-12-13-26-20(14-16)24-23(22(26)28,15-17-8-10-19(29-2)11-9-17)25-21(27)18-6-4-3-5-7-18/h3-14H,15H2,1-2H3,(H,25,27). The smallest absolute Gasteiger partial charge is 0.281 e. The summed E-state index contributed by atoms with van der Waals surface area (Å²) in [5.74, 6) is 0.616. The molecule has 0 bridgehead atoms. The summed E-state index contributed by atoms with van der Waals surface area (Å²) in [5, 5.41) is 2.89. The molecule has 1 unspecified atom stereocenters. The summed E-state index contributed by atoms with van der Waals surface area (Å²) in [6, 6.07) is 16.2. The Morgan fingerprint density at radius 2 is 1.86 bits per heavy atom. The van der Waals surface area contributed by atoms with Crippen LogP contribution >= 0.6 is 0 Å². The van der Waals surface area contributed by atoms with Crippen molar-refractivity contribution in [2.75, 3.05) is 7.11 Å². The fraction of sp³-hybridized carbons (Fsp3) is 0.174. The molecule has 0 radical (unpaired) electrons. The molecule has 2 aromatic carbocycles. The van der Waals surface area contributed by atoms with Gasteiger partial charge in [-0.15, -0.1) is 0 Å². The highest BCUT2D eigenvalue weighted by Crippen LogP contribution is 2.29. The average molecular weight is 387 g/mol. The van der Waals surface area contributed by atoms with Crippen LogP contribution in [0, 0.1) is 0 Å². The summed E-state index contributed by atoms with van der Waals surface area (Å²) < 4.78 is 5.21. The number of nitrogens with one attached hydrogen (secondary N) is 1. The zero-order valence-corrected chi connectivity index (χ0v) is 16.3. The number of ether oxygens (including phenoxy) is 1. The van der Waals surface area contributed by atoms with E-state index in [1.54, 1.807) is 37.6 Å². The number of rotatable bonds is 5. The van der Waals surface area contributed by atoms with Crippen LogP contribution in [0.4, 0.5) is 0 Å². The Bertz CT molecular complexity index is 1040. The molecule has 146 valence electrons. The Morgan fingerprint density at radius 3 is 2.55 bits per heavy atom. The second kappa shape index (κ2) is 7.39. The van der Waals surface area contributed by atoms with Gasteiger partial charge in [0.1, 0.15) is 11.6 Å². The molecule has 0 spiro atoms. The van der Waals surface area contributed by atoms with Gasteiger partial charge in [-0.25, -0.2) is 4.99 Å². The predicted octanol–water partition coefficient (Wildman–Crippen LogP) is 3.08. The molecule has 4 rings (SSSR count). The van der Waals surface area contributed by atoms with Crippen molar-refractivity contribution in [1.29, 1.82) is 0 Å². The first kappa shape index (κ1) is 18.7. The highest BCUT2D eigenvalue weighted by molar-refractivity contribution is 6.15. The van der Waals surface area contributed by atoms with E-state index >= 15 is 0 Å². The Morgan fingerprint density at radius 1 is 1.14 bits per heavy atom. The molecule has 1 N–H and O–H groups in total. The molecule has 29 heavy (non-hydrogen) atoms. The minimum absolute atomic E-state index is 0.231. The second-order valence-corrected chi connectivity index (χ2v) is 7.05. The van der Waals surface area contributed by atoms with Gasteiger partial charge >= 0.3 is 0 Å². The van der Waals surface area contributed by atoms with Gasteiger partial charge in [0.15, 0.2) is 0 Å². The summed E-state index contributed by atoms with van der Waals surface area (Å²) >= 11 is 0. The monoisotopic (exact) mass is 387 g/mol. The van der Waals surface area contributed by atoms with Crippen LogP contribution in [0.2, 0.25) is 0 Å². The van der Waals surface area contributed by atoms with Gasteiger partial charge < -0.3 is 10.1 Å². The van der Waals surface area contributed by atoms with Crippen molar-refractivity contribution in [1.82, 2.24) is 10.2 Å². The number of hydrogen-bond acceptors (Lipinski definition) is 4. The van der Waals surface area contributed by atoms with E-state index in [1.807, 2.05) is 49.4 Å². The van der Waals surface area contributed by atoms with E-state index in [9.17, 15) is 9.59 Å². The molecule has 2 heterocycles. The number of carbonyl (C=O) groups is 2. The van der Waals surface area contributed by atoms with E-state index in [2.05, 4.69) is 10.3 Å². The molecule has 2 aliphatic rings. The van der Waals surface area contributed by atoms with Crippen LogP contribution in [-0.4, -0.2) is 35.3 Å². The SMILES string of the molecule is COc1ccc(CC2(NC(=O)c3ccccc3)N=C3C=C(C)C=CN3C2=O)cc1. The number of amidine groups is 1. The van der Waals surface area contributed by atoms with Crippen molar-refractivity contribution in [3.8, 4) is 5.75 Å². The molecular formula is C23H21N3O3. The van der Waals surface area contributed by atoms with Crippen LogP contribution in [0.5, 0.6) is 5.75 Å². The quantitative estimate of drug-likeness (QED) is 0.857. The fourth-order valence-corrected chi connectivity index (χ4v) is 3.42. The topological polar surface area (TPSA) is 71.0 Å². The number of benzene rings is 2. The van der Waals surface area contributed by atoms with Gasteiger partial charge in [-0.05, 0) is 54.5 Å². The zero-order chi connectivity index (χ0) is 20.4. The maximum Gasteiger partial charge on any atom is 0.281 e. The number of carbonyl (C=O) groups excluding carboxylic acids is 2. The van der Waals surface area contributed by atoms with Crippen LogP contribution in [0.1, 0.15) is 22.8 Å². The number of aliphatic imine (C=N–C) groups is 1. The Kier molecular flexibility index (Phi) is 4.76. The molecule has 0 fully saturated rings. The predicted molar refractivity (Wildman–Crippen MR) is 111 cm³/mol. The Balaban J connectivity index is 1.72. The third kappa shape index (κ3) is 3.57. The first-order valence-corrected chi connectivity index (χ1v) is 9.31. The van der Waals surface area contributed by atoms with E-state index in [1.165, 1.54) is 4.90 Å². The lowest BCUT2D eigenvalue weighted by Crippen LogP contribution is -2.55. The van der Waals surface area contributed by atoms with Crippen molar-refractivity contribution in [3.63, 3.8) is 0 Å². The van der Waals surface area contributed by atoms with Crippen LogP contribution in [0.15, 0.2) is 83.5 Å². The van der Waals surface area contributed by atoms with E-state index in [0.717, 1.165) is 16.9 Å². The summed E-state index contributed by atoms with van der Waals surface area (Å²) in [5.41, 5.74) is 0.910. The maximum atomic E-state index is 13.4. The van der Waals surface area contributed by atoms with Gasteiger partial charge in [0.2, 0.25) is 5.66 Å². The lowest BCUT2D eigenvalue weighted by Gasteiger charge is -2.27. The molecule has 2 amide bonds. The van der Waals surface area contributed by atoms with Gasteiger partial charge in [-0.1, -0.05) is 30.3 Å². The van der Waals surface area contributed by atoms with Gasteiger partial charge in [0.05, 0.1) is 7.11 Å². The molecule has 0 aromatic heterocycles. The Hall–Kier alpha value is -3.67. The summed E-state index contributed by atoms with van der Waals surface area (Å²) in [4.78, 5) is 32.4. The molecule has 2 aromatic rings. The van der Waals surface area contributed by atoms with E-state index in [0.29, 0.717) is 11.4 Å². The number of amides is 2. The highest BCUT2D eigenvalue weighted by atomic mass is 16.5. The summed E-state index contributed by atoms with van der Waals surface area (Å²) in [6.07, 6.45) is 5.61. The largest absolute Gasteiger partial charge is 0.497 e. The lowest BCUT2D eigenvalue weighted by atomic mass is 9.98. The molecule has 0 saturated carbocycles. The third-order valence-corrected chi connectivity index (χ3v) is 4.94. The number of allylic oxidation sites excluding steroid dienone is 2. The van der Waals surface area contributed by atoms with Crippen molar-refractivity contribution < 1.29 is 14.3 Å². The molecule has 2 aliphatic heterocycles. The first-order chi connectivity index (χ1) is 14.0. The molecule has 6 nitrogen and oxygen atoms in total. The molecule has 0 saturated heterocycles. The number of nitrogens with zero attached hydrogens (tertiary/aromatic N) is 2. The highest BCUT2D eigenvalue weighted by Gasteiger charge is 2.49. The van der Waals surface area contributed by atoms with Crippen molar-refractivity contribution >= 4 is 17.6 Å². The van der Waals surface area contributed by atoms with Gasteiger partial charge in [0.25, 0.3) is 11.8 Å². The van der Waals surface area contributed by atoms with Gasteiger partial charge in [-0.2, -0.15) is 0 Å². The van der Waals surface area contributed by atoms with Gasteiger partial charge in [0, 0.05) is 18.2 Å². The first-order valence-electron chi connectivity index (χ1n) is 9.31. The van der Waals surface area contributed by atoms with Crippen molar-refractivity contribution in [3.05, 3.63) is 89.6 Å². The number of hydrogen-bond donors (Lipinski definition) is 1. The molecular weight excluding hydrogens is 366 g/mol. The van der Waals surface area contributed by atoms with Crippen molar-refractivity contribution in [2.45, 2.75) is 19.0 Å². The van der Waals surface area contributed by atoms with Crippen LogP contribution in [0.25, 0.3) is 0 Å². The fourth-order valence-electron chi connectivity index (χ4n) is 3.42. The van der Waals surface area contributed by atoms with Gasteiger partial charge in [-0.3, -0.25) is 14.5 Å². The van der Waals surface area contributed by atoms with E-state index in [-0.39, 0.29) is 18.2 Å². The van der Waals surface area contributed by atoms with Crippen LogP contribution in [0.3, 0.4) is 0 Å². The molecule has 1 atom stereocenters.